The molecule has 0 saturated heterocycles. The van der Waals surface area contributed by atoms with E-state index in [0.29, 0.717) is 6.04 Å². The van der Waals surface area contributed by atoms with Gasteiger partial charge in [-0.3, -0.25) is 0 Å². The Bertz CT molecular complexity index is 343. The highest BCUT2D eigenvalue weighted by Crippen LogP contribution is 2.41. The highest BCUT2D eigenvalue weighted by molar-refractivity contribution is 5.30. The first kappa shape index (κ1) is 13.4. The Labute approximate surface area is 111 Å². The Morgan fingerprint density at radius 2 is 1.94 bits per heavy atom. The van der Waals surface area contributed by atoms with Crippen LogP contribution in [0.15, 0.2) is 24.3 Å². The van der Waals surface area contributed by atoms with Gasteiger partial charge < -0.3 is 10.1 Å². The Hall–Kier alpha value is -1.02. The molecule has 0 bridgehead atoms. The van der Waals surface area contributed by atoms with Crippen molar-refractivity contribution in [2.75, 3.05) is 13.2 Å². The summed E-state index contributed by atoms with van der Waals surface area (Å²) in [5, 5.41) is 3.59. The maximum Gasteiger partial charge on any atom is 0.119 e. The van der Waals surface area contributed by atoms with E-state index in [0.717, 1.165) is 31.2 Å². The van der Waals surface area contributed by atoms with E-state index in [1.165, 1.54) is 24.8 Å². The van der Waals surface area contributed by atoms with Crippen molar-refractivity contribution >= 4 is 0 Å². The van der Waals surface area contributed by atoms with Crippen molar-refractivity contribution in [3.63, 3.8) is 0 Å². The summed E-state index contributed by atoms with van der Waals surface area (Å²) < 4.78 is 5.70. The van der Waals surface area contributed by atoms with Crippen LogP contribution in [0.25, 0.3) is 0 Å². The molecular weight excluding hydrogens is 222 g/mol. The second-order valence-corrected chi connectivity index (χ2v) is 5.14. The number of ether oxygens (including phenoxy) is 1. The normalized spacial score (nSPS) is 16.6. The summed E-state index contributed by atoms with van der Waals surface area (Å²) in [7, 11) is 0. The van der Waals surface area contributed by atoms with Crippen molar-refractivity contribution in [3.05, 3.63) is 29.8 Å². The lowest BCUT2D eigenvalue weighted by Gasteiger charge is -2.18. The van der Waals surface area contributed by atoms with Crippen LogP contribution in [0.3, 0.4) is 0 Å². The van der Waals surface area contributed by atoms with E-state index in [9.17, 15) is 0 Å². The molecule has 1 fully saturated rings. The molecule has 100 valence electrons. The van der Waals surface area contributed by atoms with Crippen LogP contribution in [0.1, 0.15) is 51.1 Å². The first-order valence-corrected chi connectivity index (χ1v) is 7.31. The molecule has 0 heterocycles. The number of hydrogen-bond donors (Lipinski definition) is 1. The van der Waals surface area contributed by atoms with Gasteiger partial charge in [0.25, 0.3) is 0 Å². The molecule has 1 aromatic rings. The number of nitrogens with one attached hydrogen (secondary N) is 1. The van der Waals surface area contributed by atoms with E-state index in [4.69, 9.17) is 4.74 Å². The molecule has 0 aromatic heterocycles. The maximum atomic E-state index is 5.70. The summed E-state index contributed by atoms with van der Waals surface area (Å²) in [6.45, 7) is 6.23. The molecule has 0 amide bonds. The predicted molar refractivity (Wildman–Crippen MR) is 76.0 cm³/mol. The zero-order chi connectivity index (χ0) is 12.8. The van der Waals surface area contributed by atoms with Crippen molar-refractivity contribution in [3.8, 4) is 5.75 Å². The molecule has 0 spiro atoms. The Kier molecular flexibility index (Phi) is 5.06. The molecule has 0 radical (unpaired) electrons. The third-order valence-electron chi connectivity index (χ3n) is 3.52. The van der Waals surface area contributed by atoms with Gasteiger partial charge in [0.2, 0.25) is 0 Å². The van der Waals surface area contributed by atoms with E-state index in [1.54, 1.807) is 0 Å². The fourth-order valence-corrected chi connectivity index (χ4v) is 2.31. The third-order valence-corrected chi connectivity index (χ3v) is 3.52. The largest absolute Gasteiger partial charge is 0.494 e. The molecule has 1 aromatic carbocycles. The summed E-state index contributed by atoms with van der Waals surface area (Å²) in [4.78, 5) is 0. The van der Waals surface area contributed by atoms with Gasteiger partial charge in [-0.2, -0.15) is 0 Å². The molecule has 0 aliphatic heterocycles. The molecule has 1 aliphatic carbocycles. The van der Waals surface area contributed by atoms with E-state index < -0.39 is 0 Å². The quantitative estimate of drug-likeness (QED) is 0.703. The van der Waals surface area contributed by atoms with E-state index in [1.807, 2.05) is 0 Å². The highest BCUT2D eigenvalue weighted by atomic mass is 16.5. The molecule has 2 nitrogen and oxygen atoms in total. The zero-order valence-electron chi connectivity index (χ0n) is 11.6. The minimum atomic E-state index is 0.541. The van der Waals surface area contributed by atoms with Crippen LogP contribution in [0.5, 0.6) is 5.75 Å². The SMILES string of the molecule is CCCCOc1ccc(C(NCC)C2CC2)cc1. The number of unbranched alkanes of at least 4 members (excludes halogenated alkanes) is 1. The lowest BCUT2D eigenvalue weighted by atomic mass is 10.0. The van der Waals surface area contributed by atoms with E-state index in [2.05, 4.69) is 43.4 Å². The lowest BCUT2D eigenvalue weighted by Crippen LogP contribution is -2.22. The molecule has 1 N–H and O–H groups in total. The van der Waals surface area contributed by atoms with Gasteiger partial charge in [-0.05, 0) is 49.4 Å². The topological polar surface area (TPSA) is 21.3 Å². The fraction of sp³-hybridized carbons (Fsp3) is 0.625. The predicted octanol–water partition coefficient (Wildman–Crippen LogP) is 3.93. The first-order chi connectivity index (χ1) is 8.85. The van der Waals surface area contributed by atoms with Gasteiger partial charge >= 0.3 is 0 Å². The molecule has 18 heavy (non-hydrogen) atoms. The van der Waals surface area contributed by atoms with Crippen LogP contribution in [-0.2, 0) is 0 Å². The van der Waals surface area contributed by atoms with E-state index in [-0.39, 0.29) is 0 Å². The summed E-state index contributed by atoms with van der Waals surface area (Å²) >= 11 is 0. The summed E-state index contributed by atoms with van der Waals surface area (Å²) in [5.74, 6) is 1.84. The van der Waals surface area contributed by atoms with Crippen LogP contribution >= 0.6 is 0 Å². The van der Waals surface area contributed by atoms with Crippen LogP contribution in [0.2, 0.25) is 0 Å². The Morgan fingerprint density at radius 1 is 1.22 bits per heavy atom. The molecule has 1 atom stereocenters. The van der Waals surface area contributed by atoms with Crippen molar-refractivity contribution in [2.45, 2.75) is 45.6 Å². The van der Waals surface area contributed by atoms with Crippen molar-refractivity contribution in [1.29, 1.82) is 0 Å². The smallest absolute Gasteiger partial charge is 0.119 e. The first-order valence-electron chi connectivity index (χ1n) is 7.31. The monoisotopic (exact) mass is 247 g/mol. The van der Waals surface area contributed by atoms with Gasteiger partial charge in [0, 0.05) is 6.04 Å². The minimum absolute atomic E-state index is 0.541. The average Bonchev–Trinajstić information content (AvgIpc) is 3.22. The van der Waals surface area contributed by atoms with E-state index >= 15 is 0 Å². The molecule has 2 rings (SSSR count). The molecule has 1 unspecified atom stereocenters. The standard InChI is InChI=1S/C16H25NO/c1-3-5-12-18-15-10-8-14(9-11-15)16(17-4-2)13-6-7-13/h8-11,13,16-17H,3-7,12H2,1-2H3. The van der Waals surface area contributed by atoms with Gasteiger partial charge in [-0.1, -0.05) is 32.4 Å². The zero-order valence-corrected chi connectivity index (χ0v) is 11.6. The summed E-state index contributed by atoms with van der Waals surface area (Å²) in [5.41, 5.74) is 1.40. The van der Waals surface area contributed by atoms with Gasteiger partial charge in [-0.15, -0.1) is 0 Å². The van der Waals surface area contributed by atoms with Crippen molar-refractivity contribution in [1.82, 2.24) is 5.32 Å². The van der Waals surface area contributed by atoms with Gasteiger partial charge in [0.15, 0.2) is 0 Å². The highest BCUT2D eigenvalue weighted by Gasteiger charge is 2.31. The third kappa shape index (κ3) is 3.74. The Morgan fingerprint density at radius 3 is 2.50 bits per heavy atom. The maximum absolute atomic E-state index is 5.70. The van der Waals surface area contributed by atoms with Gasteiger partial charge in [-0.25, -0.2) is 0 Å². The van der Waals surface area contributed by atoms with Crippen LogP contribution in [-0.4, -0.2) is 13.2 Å². The van der Waals surface area contributed by atoms with Crippen LogP contribution in [0, 0.1) is 5.92 Å². The van der Waals surface area contributed by atoms with Gasteiger partial charge in [0.1, 0.15) is 5.75 Å². The van der Waals surface area contributed by atoms with Gasteiger partial charge in [0.05, 0.1) is 6.61 Å². The summed E-state index contributed by atoms with van der Waals surface area (Å²) in [6, 6.07) is 9.19. The molecule has 2 heteroatoms. The van der Waals surface area contributed by atoms with Crippen molar-refractivity contribution < 1.29 is 4.74 Å². The average molecular weight is 247 g/mol. The summed E-state index contributed by atoms with van der Waals surface area (Å²) in [6.07, 6.45) is 5.05. The number of rotatable bonds is 8. The Balaban J connectivity index is 1.92. The second kappa shape index (κ2) is 6.79. The van der Waals surface area contributed by atoms with Crippen molar-refractivity contribution in [2.24, 2.45) is 5.92 Å². The molecular formula is C16H25NO. The molecule has 1 saturated carbocycles. The lowest BCUT2D eigenvalue weighted by molar-refractivity contribution is 0.309. The van der Waals surface area contributed by atoms with Crippen LogP contribution in [0.4, 0.5) is 0 Å². The number of hydrogen-bond acceptors (Lipinski definition) is 2. The van der Waals surface area contributed by atoms with Crippen LogP contribution < -0.4 is 10.1 Å². The number of benzene rings is 1. The fourth-order valence-electron chi connectivity index (χ4n) is 2.31. The second-order valence-electron chi connectivity index (χ2n) is 5.14. The minimum Gasteiger partial charge on any atom is -0.494 e. The molecule has 1 aliphatic rings.